The molecule has 0 fully saturated rings. The molecule has 0 spiro atoms. The van der Waals surface area contributed by atoms with Gasteiger partial charge in [-0.2, -0.15) is 0 Å². The van der Waals surface area contributed by atoms with Gasteiger partial charge >= 0.3 is 0 Å². The predicted molar refractivity (Wildman–Crippen MR) is 66.2 cm³/mol. The molecule has 0 aliphatic rings. The summed E-state index contributed by atoms with van der Waals surface area (Å²) < 4.78 is 0. The Labute approximate surface area is 93.1 Å². The second kappa shape index (κ2) is 5.89. The van der Waals surface area contributed by atoms with Crippen LogP contribution in [0.4, 0.5) is 0 Å². The average Bonchev–Trinajstić information content (AvgIpc) is 2.26. The lowest BCUT2D eigenvalue weighted by molar-refractivity contribution is 0.395. The van der Waals surface area contributed by atoms with Crippen LogP contribution in [0.25, 0.3) is 0 Å². The first-order valence-corrected chi connectivity index (χ1v) is 5.57. The van der Waals surface area contributed by atoms with Crippen LogP contribution in [-0.4, -0.2) is 25.7 Å². The van der Waals surface area contributed by atoms with Crippen molar-refractivity contribution in [2.24, 2.45) is 0 Å². The predicted octanol–water partition coefficient (Wildman–Crippen LogP) is 1.82. The normalized spacial score (nSPS) is 11.7. The lowest BCUT2D eigenvalue weighted by atomic mass is 10.1. The molecule has 0 amide bonds. The van der Waals surface area contributed by atoms with Crippen molar-refractivity contribution >= 4 is 0 Å². The van der Waals surface area contributed by atoms with Crippen LogP contribution in [0.3, 0.4) is 0 Å². The Bertz CT molecular complexity index is 267. The molecule has 0 aromatic heterocycles. The first-order valence-electron chi connectivity index (χ1n) is 5.57. The van der Waals surface area contributed by atoms with Crippen molar-refractivity contribution in [3.05, 3.63) is 35.9 Å². The highest BCUT2D eigenvalue weighted by molar-refractivity contribution is 5.14. The Morgan fingerprint density at radius 2 is 1.80 bits per heavy atom. The van der Waals surface area contributed by atoms with E-state index in [1.165, 1.54) is 5.56 Å². The van der Waals surface area contributed by atoms with Gasteiger partial charge in [0, 0.05) is 12.1 Å². The third-order valence-corrected chi connectivity index (χ3v) is 2.68. The van der Waals surface area contributed by atoms with Crippen molar-refractivity contribution in [2.75, 3.05) is 20.1 Å². The minimum atomic E-state index is 0.177. The van der Waals surface area contributed by atoms with Crippen LogP contribution in [0.1, 0.15) is 19.4 Å². The molecule has 0 unspecified atom stereocenters. The number of hydrogen-bond acceptors (Lipinski definition) is 2. The van der Waals surface area contributed by atoms with Crippen LogP contribution in [0.5, 0.6) is 0 Å². The molecule has 0 heterocycles. The van der Waals surface area contributed by atoms with Gasteiger partial charge in [-0.25, -0.2) is 0 Å². The molecule has 0 radical (unpaired) electrons. The van der Waals surface area contributed by atoms with Gasteiger partial charge in [-0.15, -0.1) is 0 Å². The van der Waals surface area contributed by atoms with E-state index < -0.39 is 0 Å². The van der Waals surface area contributed by atoms with Crippen molar-refractivity contribution in [1.29, 1.82) is 0 Å². The molecule has 1 rings (SSSR count). The molecular weight excluding hydrogens is 184 g/mol. The first kappa shape index (κ1) is 12.2. The number of nitrogens with one attached hydrogen (secondary N) is 2. The standard InChI is InChI=1S/C13H22N2/c1-13(2,14-3)11-15-10-9-12-7-5-4-6-8-12/h4-8,14-15H,9-11H2,1-3H3. The van der Waals surface area contributed by atoms with Crippen molar-refractivity contribution in [1.82, 2.24) is 10.6 Å². The molecule has 84 valence electrons. The van der Waals surface area contributed by atoms with E-state index in [4.69, 9.17) is 0 Å². The zero-order valence-electron chi connectivity index (χ0n) is 10.0. The maximum atomic E-state index is 3.46. The van der Waals surface area contributed by atoms with Gasteiger partial charge in [0.25, 0.3) is 0 Å². The van der Waals surface area contributed by atoms with Gasteiger partial charge in [-0.3, -0.25) is 0 Å². The zero-order valence-corrected chi connectivity index (χ0v) is 10.0. The van der Waals surface area contributed by atoms with E-state index in [1.807, 2.05) is 7.05 Å². The molecule has 2 heteroatoms. The van der Waals surface area contributed by atoms with E-state index in [9.17, 15) is 0 Å². The molecule has 0 saturated heterocycles. The highest BCUT2D eigenvalue weighted by Crippen LogP contribution is 2.00. The topological polar surface area (TPSA) is 24.1 Å². The molecule has 2 nitrogen and oxygen atoms in total. The van der Waals surface area contributed by atoms with Crippen LogP contribution >= 0.6 is 0 Å². The number of hydrogen-bond donors (Lipinski definition) is 2. The first-order chi connectivity index (χ1) is 7.14. The monoisotopic (exact) mass is 206 g/mol. The van der Waals surface area contributed by atoms with Crippen molar-refractivity contribution in [3.63, 3.8) is 0 Å². The molecule has 0 bridgehead atoms. The molecule has 2 N–H and O–H groups in total. The van der Waals surface area contributed by atoms with Gasteiger partial charge in [0.05, 0.1) is 0 Å². The zero-order chi connectivity index (χ0) is 11.1. The van der Waals surface area contributed by atoms with Gasteiger partial charge in [-0.05, 0) is 39.4 Å². The van der Waals surface area contributed by atoms with E-state index in [2.05, 4.69) is 54.8 Å². The Morgan fingerprint density at radius 1 is 1.13 bits per heavy atom. The molecule has 0 saturated carbocycles. The molecule has 0 aliphatic heterocycles. The van der Waals surface area contributed by atoms with E-state index in [0.717, 1.165) is 19.5 Å². The van der Waals surface area contributed by atoms with Crippen LogP contribution in [0.2, 0.25) is 0 Å². The van der Waals surface area contributed by atoms with Crippen LogP contribution in [0.15, 0.2) is 30.3 Å². The second-order valence-electron chi connectivity index (χ2n) is 4.55. The molecule has 1 aromatic rings. The summed E-state index contributed by atoms with van der Waals surface area (Å²) in [5, 5.41) is 6.74. The number of rotatable bonds is 6. The van der Waals surface area contributed by atoms with E-state index in [0.29, 0.717) is 0 Å². The Balaban J connectivity index is 2.18. The van der Waals surface area contributed by atoms with Crippen molar-refractivity contribution < 1.29 is 0 Å². The quantitative estimate of drug-likeness (QED) is 0.694. The summed E-state index contributed by atoms with van der Waals surface area (Å²) in [6.07, 6.45) is 1.10. The highest BCUT2D eigenvalue weighted by atomic mass is 15.0. The smallest absolute Gasteiger partial charge is 0.0246 e. The molecule has 0 atom stereocenters. The molecular formula is C13H22N2. The van der Waals surface area contributed by atoms with Gasteiger partial charge < -0.3 is 10.6 Å². The summed E-state index contributed by atoms with van der Waals surface area (Å²) in [6.45, 7) is 6.43. The number of likely N-dealkylation sites (N-methyl/N-ethyl adjacent to an activating group) is 1. The second-order valence-corrected chi connectivity index (χ2v) is 4.55. The van der Waals surface area contributed by atoms with E-state index in [1.54, 1.807) is 0 Å². The van der Waals surface area contributed by atoms with Gasteiger partial charge in [-0.1, -0.05) is 30.3 Å². The average molecular weight is 206 g/mol. The fourth-order valence-corrected chi connectivity index (χ4v) is 1.37. The minimum Gasteiger partial charge on any atom is -0.315 e. The third kappa shape index (κ3) is 4.96. The maximum Gasteiger partial charge on any atom is 0.0246 e. The van der Waals surface area contributed by atoms with E-state index >= 15 is 0 Å². The number of benzene rings is 1. The fraction of sp³-hybridized carbons (Fsp3) is 0.538. The third-order valence-electron chi connectivity index (χ3n) is 2.68. The van der Waals surface area contributed by atoms with Crippen molar-refractivity contribution in [3.8, 4) is 0 Å². The minimum absolute atomic E-state index is 0.177. The molecule has 0 aliphatic carbocycles. The summed E-state index contributed by atoms with van der Waals surface area (Å²) in [5.74, 6) is 0. The highest BCUT2D eigenvalue weighted by Gasteiger charge is 2.12. The van der Waals surface area contributed by atoms with Crippen molar-refractivity contribution in [2.45, 2.75) is 25.8 Å². The summed E-state index contributed by atoms with van der Waals surface area (Å²) in [6, 6.07) is 10.6. The summed E-state index contributed by atoms with van der Waals surface area (Å²) in [5.41, 5.74) is 1.57. The summed E-state index contributed by atoms with van der Waals surface area (Å²) in [7, 11) is 2.00. The maximum absolute atomic E-state index is 3.46. The van der Waals surface area contributed by atoms with Crippen LogP contribution in [0, 0.1) is 0 Å². The lowest BCUT2D eigenvalue weighted by Gasteiger charge is -2.24. The molecule has 1 aromatic carbocycles. The summed E-state index contributed by atoms with van der Waals surface area (Å²) >= 11 is 0. The van der Waals surface area contributed by atoms with Gasteiger partial charge in [0.15, 0.2) is 0 Å². The van der Waals surface area contributed by atoms with Gasteiger partial charge in [0.2, 0.25) is 0 Å². The Kier molecular flexibility index (Phi) is 4.79. The van der Waals surface area contributed by atoms with Crippen LogP contribution in [-0.2, 0) is 6.42 Å². The van der Waals surface area contributed by atoms with Gasteiger partial charge in [0.1, 0.15) is 0 Å². The van der Waals surface area contributed by atoms with Crippen LogP contribution < -0.4 is 10.6 Å². The van der Waals surface area contributed by atoms with E-state index in [-0.39, 0.29) is 5.54 Å². The largest absolute Gasteiger partial charge is 0.315 e. The lowest BCUT2D eigenvalue weighted by Crippen LogP contribution is -2.46. The summed E-state index contributed by atoms with van der Waals surface area (Å²) in [4.78, 5) is 0. The Morgan fingerprint density at radius 3 is 2.40 bits per heavy atom. The fourth-order valence-electron chi connectivity index (χ4n) is 1.37. The SMILES string of the molecule is CNC(C)(C)CNCCc1ccccc1. The molecule has 15 heavy (non-hydrogen) atoms. The Hall–Kier alpha value is -0.860.